The summed E-state index contributed by atoms with van der Waals surface area (Å²) in [6.45, 7) is 0. The molecule has 0 bridgehead atoms. The van der Waals surface area contributed by atoms with E-state index in [0.717, 1.165) is 0 Å². The Kier molecular flexibility index (Phi) is 2.05. The summed E-state index contributed by atoms with van der Waals surface area (Å²) in [5, 5.41) is 8.10. The van der Waals surface area contributed by atoms with Crippen molar-refractivity contribution in [2.75, 3.05) is 0 Å². The maximum Gasteiger partial charge on any atom is 0.182 e. The Labute approximate surface area is 82.9 Å². The molecule has 0 saturated heterocycles. The molecule has 1 aliphatic rings. The number of nitriles is 1. The predicted octanol–water partition coefficient (Wildman–Crippen LogP) is 1.37. The molecule has 14 heavy (non-hydrogen) atoms. The summed E-state index contributed by atoms with van der Waals surface area (Å²) < 4.78 is 23.6. The number of hydrogen-bond donors (Lipinski definition) is 0. The van der Waals surface area contributed by atoms with Crippen molar-refractivity contribution in [2.24, 2.45) is 5.92 Å². The number of hydrogen-bond acceptors (Lipinski definition) is 3. The molecule has 3 nitrogen and oxygen atoms in total. The van der Waals surface area contributed by atoms with Crippen LogP contribution in [0.1, 0.15) is 6.42 Å². The van der Waals surface area contributed by atoms with Gasteiger partial charge in [-0.15, -0.1) is 0 Å². The van der Waals surface area contributed by atoms with Crippen LogP contribution in [-0.2, 0) is 9.84 Å². The number of sulfone groups is 1. The maximum absolute atomic E-state index is 11.8. The van der Waals surface area contributed by atoms with Crippen LogP contribution >= 0.6 is 0 Å². The standard InChI is InChI=1S/C10H9NO2S/c11-7-8-6-10(8)14(12,13)9-4-2-1-3-5-9/h1-5,8,10H,6H2/t8-,10-/m0/s1. The van der Waals surface area contributed by atoms with Crippen molar-refractivity contribution in [3.05, 3.63) is 30.3 Å². The Balaban J connectivity index is 2.33. The third-order valence-electron chi connectivity index (χ3n) is 2.37. The Morgan fingerprint density at radius 3 is 2.43 bits per heavy atom. The van der Waals surface area contributed by atoms with Crippen molar-refractivity contribution in [1.82, 2.24) is 0 Å². The molecule has 72 valence electrons. The van der Waals surface area contributed by atoms with E-state index in [9.17, 15) is 8.42 Å². The van der Waals surface area contributed by atoms with Crippen molar-refractivity contribution in [3.8, 4) is 6.07 Å². The fraction of sp³-hybridized carbons (Fsp3) is 0.300. The molecule has 1 aromatic carbocycles. The molecule has 0 aliphatic heterocycles. The molecule has 0 aromatic heterocycles. The van der Waals surface area contributed by atoms with Gasteiger partial charge in [-0.05, 0) is 18.6 Å². The van der Waals surface area contributed by atoms with Gasteiger partial charge in [0.1, 0.15) is 0 Å². The molecule has 1 aromatic rings. The second-order valence-electron chi connectivity index (χ2n) is 3.37. The first-order valence-electron chi connectivity index (χ1n) is 4.35. The fourth-order valence-corrected chi connectivity index (χ4v) is 3.28. The molecule has 0 radical (unpaired) electrons. The fourth-order valence-electron chi connectivity index (χ4n) is 1.44. The zero-order chi connectivity index (χ0) is 10.2. The van der Waals surface area contributed by atoms with Gasteiger partial charge in [-0.1, -0.05) is 18.2 Å². The van der Waals surface area contributed by atoms with Gasteiger partial charge in [0, 0.05) is 0 Å². The lowest BCUT2D eigenvalue weighted by Crippen LogP contribution is -2.08. The van der Waals surface area contributed by atoms with Crippen LogP contribution in [0.15, 0.2) is 35.2 Å². The molecule has 4 heteroatoms. The lowest BCUT2D eigenvalue weighted by molar-refractivity contribution is 0.594. The summed E-state index contributed by atoms with van der Waals surface area (Å²) in [7, 11) is -3.25. The van der Waals surface area contributed by atoms with Crippen LogP contribution in [0.3, 0.4) is 0 Å². The minimum absolute atomic E-state index is 0.305. The third-order valence-corrected chi connectivity index (χ3v) is 4.62. The summed E-state index contributed by atoms with van der Waals surface area (Å²) in [6.07, 6.45) is 0.480. The summed E-state index contributed by atoms with van der Waals surface area (Å²) in [5.41, 5.74) is 0. The highest BCUT2D eigenvalue weighted by molar-refractivity contribution is 7.92. The van der Waals surface area contributed by atoms with Gasteiger partial charge in [-0.2, -0.15) is 5.26 Å². The van der Waals surface area contributed by atoms with E-state index in [2.05, 4.69) is 0 Å². The molecular formula is C10H9NO2S. The number of nitrogens with zero attached hydrogens (tertiary/aromatic N) is 1. The van der Waals surface area contributed by atoms with Gasteiger partial charge in [0.15, 0.2) is 9.84 Å². The molecule has 2 rings (SSSR count). The summed E-state index contributed by atoms with van der Waals surface area (Å²) in [6, 6.07) is 10.3. The zero-order valence-electron chi connectivity index (χ0n) is 7.42. The van der Waals surface area contributed by atoms with Crippen LogP contribution < -0.4 is 0 Å². The quantitative estimate of drug-likeness (QED) is 0.736. The van der Waals surface area contributed by atoms with Crippen molar-refractivity contribution in [3.63, 3.8) is 0 Å². The summed E-state index contributed by atoms with van der Waals surface area (Å²) >= 11 is 0. The second kappa shape index (κ2) is 3.10. The van der Waals surface area contributed by atoms with Gasteiger partial charge >= 0.3 is 0 Å². The largest absolute Gasteiger partial charge is 0.223 e. The number of benzene rings is 1. The first-order valence-corrected chi connectivity index (χ1v) is 5.89. The average Bonchev–Trinajstić information content (AvgIpc) is 2.98. The monoisotopic (exact) mass is 207 g/mol. The first-order chi connectivity index (χ1) is 6.66. The van der Waals surface area contributed by atoms with Crippen molar-refractivity contribution in [2.45, 2.75) is 16.6 Å². The molecule has 0 amide bonds. The highest BCUT2D eigenvalue weighted by Crippen LogP contribution is 2.39. The molecule has 1 fully saturated rings. The molecule has 0 N–H and O–H groups in total. The van der Waals surface area contributed by atoms with Gasteiger partial charge in [-0.25, -0.2) is 8.42 Å². The van der Waals surface area contributed by atoms with E-state index in [1.807, 2.05) is 6.07 Å². The zero-order valence-corrected chi connectivity index (χ0v) is 8.24. The van der Waals surface area contributed by atoms with Crippen LogP contribution in [0, 0.1) is 17.2 Å². The van der Waals surface area contributed by atoms with E-state index in [-0.39, 0.29) is 5.92 Å². The van der Waals surface area contributed by atoms with E-state index in [1.54, 1.807) is 30.3 Å². The average molecular weight is 207 g/mol. The van der Waals surface area contributed by atoms with Crippen LogP contribution in [0.5, 0.6) is 0 Å². The molecular weight excluding hydrogens is 198 g/mol. The highest BCUT2D eigenvalue weighted by atomic mass is 32.2. The van der Waals surface area contributed by atoms with E-state index >= 15 is 0 Å². The van der Waals surface area contributed by atoms with Crippen LogP contribution in [-0.4, -0.2) is 13.7 Å². The highest BCUT2D eigenvalue weighted by Gasteiger charge is 2.48. The minimum atomic E-state index is -3.25. The van der Waals surface area contributed by atoms with Gasteiger partial charge in [-0.3, -0.25) is 0 Å². The topological polar surface area (TPSA) is 57.9 Å². The number of rotatable bonds is 2. The molecule has 2 atom stereocenters. The Bertz CT molecular complexity index is 473. The SMILES string of the molecule is N#C[C@@H]1C[C@@H]1S(=O)(=O)c1ccccc1. The maximum atomic E-state index is 11.8. The summed E-state index contributed by atoms with van der Waals surface area (Å²) in [5.74, 6) is -0.305. The summed E-state index contributed by atoms with van der Waals surface area (Å²) in [4.78, 5) is 0.322. The van der Waals surface area contributed by atoms with Gasteiger partial charge in [0.05, 0.1) is 22.1 Å². The normalized spacial score (nSPS) is 25.4. The van der Waals surface area contributed by atoms with E-state index in [0.29, 0.717) is 11.3 Å². The lowest BCUT2D eigenvalue weighted by Gasteiger charge is -2.00. The second-order valence-corrected chi connectivity index (χ2v) is 5.53. The molecule has 0 spiro atoms. The van der Waals surface area contributed by atoms with Gasteiger partial charge in [0.25, 0.3) is 0 Å². The predicted molar refractivity (Wildman–Crippen MR) is 51.1 cm³/mol. The van der Waals surface area contributed by atoms with Crippen molar-refractivity contribution < 1.29 is 8.42 Å². The molecule has 0 heterocycles. The first kappa shape index (κ1) is 9.22. The smallest absolute Gasteiger partial charge is 0.182 e. The van der Waals surface area contributed by atoms with E-state index in [1.165, 1.54) is 0 Å². The third kappa shape index (κ3) is 1.40. The minimum Gasteiger partial charge on any atom is -0.223 e. The molecule has 0 unspecified atom stereocenters. The lowest BCUT2D eigenvalue weighted by atomic mass is 10.4. The Hall–Kier alpha value is -1.34. The van der Waals surface area contributed by atoms with Crippen molar-refractivity contribution >= 4 is 9.84 Å². The Morgan fingerprint density at radius 1 is 1.29 bits per heavy atom. The van der Waals surface area contributed by atoms with Gasteiger partial charge in [0.2, 0.25) is 0 Å². The van der Waals surface area contributed by atoms with Gasteiger partial charge < -0.3 is 0 Å². The Morgan fingerprint density at radius 2 is 1.93 bits per heavy atom. The van der Waals surface area contributed by atoms with Crippen LogP contribution in [0.4, 0.5) is 0 Å². The van der Waals surface area contributed by atoms with E-state index < -0.39 is 15.1 Å². The van der Waals surface area contributed by atoms with E-state index in [4.69, 9.17) is 5.26 Å². The van der Waals surface area contributed by atoms with Crippen LogP contribution in [0.25, 0.3) is 0 Å². The molecule has 1 aliphatic carbocycles. The molecule has 1 saturated carbocycles. The van der Waals surface area contributed by atoms with Crippen molar-refractivity contribution in [1.29, 1.82) is 5.26 Å². The van der Waals surface area contributed by atoms with Crippen LogP contribution in [0.2, 0.25) is 0 Å².